The molecule has 1 aliphatic carbocycles. The number of rotatable bonds is 9. The summed E-state index contributed by atoms with van der Waals surface area (Å²) in [7, 11) is 1.58. The number of halogens is 1. The van der Waals surface area contributed by atoms with Gasteiger partial charge < -0.3 is 15.4 Å². The van der Waals surface area contributed by atoms with Gasteiger partial charge in [-0.3, -0.25) is 9.89 Å². The second kappa shape index (κ2) is 11.5. The second-order valence-corrected chi connectivity index (χ2v) is 10.9. The van der Waals surface area contributed by atoms with Gasteiger partial charge in [0, 0.05) is 37.5 Å². The number of aryl methyl sites for hydroxylation is 2. The highest BCUT2D eigenvalue weighted by Crippen LogP contribution is 2.40. The number of hydrogen-bond donors (Lipinski definition) is 3. The number of anilines is 2. The summed E-state index contributed by atoms with van der Waals surface area (Å²) >= 11 is 0. The fourth-order valence-electron chi connectivity index (χ4n) is 5.58. The quantitative estimate of drug-likeness (QED) is 0.230. The number of aromatic amines is 1. The van der Waals surface area contributed by atoms with E-state index in [-0.39, 0.29) is 17.9 Å². The van der Waals surface area contributed by atoms with Crippen LogP contribution in [-0.2, 0) is 16.1 Å². The topological polar surface area (TPSA) is 153 Å². The highest BCUT2D eigenvalue weighted by molar-refractivity contribution is 5.88. The van der Waals surface area contributed by atoms with Gasteiger partial charge in [0.25, 0.3) is 5.91 Å². The summed E-state index contributed by atoms with van der Waals surface area (Å²) in [5, 5.41) is 22.9. The van der Waals surface area contributed by atoms with Crippen molar-refractivity contribution in [1.82, 2.24) is 50.0 Å². The third-order valence-electron chi connectivity index (χ3n) is 8.13. The van der Waals surface area contributed by atoms with Crippen molar-refractivity contribution in [3.8, 4) is 5.82 Å². The largest absolute Gasteiger partial charge is 0.368 e. The highest BCUT2D eigenvalue weighted by atomic mass is 19.1. The molecule has 5 aromatic rings. The molecule has 1 atom stereocenters. The van der Waals surface area contributed by atoms with Crippen LogP contribution in [0.25, 0.3) is 16.9 Å². The minimum absolute atomic E-state index is 0.0449. The third kappa shape index (κ3) is 5.57. The Labute approximate surface area is 247 Å². The van der Waals surface area contributed by atoms with Crippen molar-refractivity contribution in [3.05, 3.63) is 65.9 Å². The van der Waals surface area contributed by atoms with Crippen LogP contribution in [0.2, 0.25) is 0 Å². The summed E-state index contributed by atoms with van der Waals surface area (Å²) in [5.41, 5.74) is 1.54. The summed E-state index contributed by atoms with van der Waals surface area (Å²) in [6.45, 7) is 6.54. The first-order valence-corrected chi connectivity index (χ1v) is 14.3. The predicted molar refractivity (Wildman–Crippen MR) is 156 cm³/mol. The van der Waals surface area contributed by atoms with Crippen LogP contribution in [0.1, 0.15) is 68.6 Å². The van der Waals surface area contributed by atoms with Gasteiger partial charge in [0.05, 0.1) is 30.0 Å². The molecule has 1 aliphatic rings. The maximum Gasteiger partial charge on any atom is 0.252 e. The molecule has 0 bridgehead atoms. The Hall–Kier alpha value is -4.72. The molecule has 0 spiro atoms. The summed E-state index contributed by atoms with van der Waals surface area (Å²) in [6, 6.07) is 5.18. The van der Waals surface area contributed by atoms with Gasteiger partial charge in [-0.1, -0.05) is 6.07 Å². The lowest BCUT2D eigenvalue weighted by atomic mass is 9.77. The van der Waals surface area contributed by atoms with Crippen LogP contribution in [-0.4, -0.2) is 63.3 Å². The van der Waals surface area contributed by atoms with E-state index in [1.165, 1.54) is 10.9 Å². The molecule has 0 saturated heterocycles. The minimum atomic E-state index is -0.965. The molecule has 13 nitrogen and oxygen atoms in total. The molecule has 5 aromatic heterocycles. The van der Waals surface area contributed by atoms with Gasteiger partial charge >= 0.3 is 0 Å². The molecule has 0 aromatic carbocycles. The Kier molecular flexibility index (Phi) is 7.61. The van der Waals surface area contributed by atoms with Crippen molar-refractivity contribution in [1.29, 1.82) is 0 Å². The normalized spacial score (nSPS) is 19.4. The number of hydrogen-bond acceptors (Lipinski definition) is 9. The molecule has 1 amide bonds. The lowest BCUT2D eigenvalue weighted by Crippen LogP contribution is -2.50. The monoisotopic (exact) mass is 587 g/mol. The van der Waals surface area contributed by atoms with Crippen LogP contribution in [0.3, 0.4) is 0 Å². The van der Waals surface area contributed by atoms with E-state index < -0.39 is 11.4 Å². The number of amides is 1. The molecule has 3 N–H and O–H groups in total. The molecular weight excluding hydrogens is 553 g/mol. The summed E-state index contributed by atoms with van der Waals surface area (Å²) in [6.07, 6.45) is 8.20. The maximum atomic E-state index is 13.6. The molecule has 0 radical (unpaired) electrons. The van der Waals surface area contributed by atoms with Gasteiger partial charge in [-0.2, -0.15) is 15.3 Å². The van der Waals surface area contributed by atoms with Crippen molar-refractivity contribution in [2.24, 2.45) is 0 Å². The van der Waals surface area contributed by atoms with Gasteiger partial charge in [0.2, 0.25) is 0 Å². The number of H-pyrrole nitrogens is 1. The zero-order valence-corrected chi connectivity index (χ0v) is 24.5. The summed E-state index contributed by atoms with van der Waals surface area (Å²) in [4.78, 5) is 27.8. The molecule has 0 aliphatic heterocycles. The van der Waals surface area contributed by atoms with Crippen molar-refractivity contribution in [3.63, 3.8) is 0 Å². The predicted octanol–water partition coefficient (Wildman–Crippen LogP) is 4.26. The number of carbonyl (C=O) groups is 1. The lowest BCUT2D eigenvalue weighted by Gasteiger charge is -2.38. The number of ether oxygens (including phenoxy) is 1. The van der Waals surface area contributed by atoms with Crippen LogP contribution in [0.4, 0.5) is 16.0 Å². The van der Waals surface area contributed by atoms with Gasteiger partial charge in [-0.05, 0) is 58.1 Å². The number of pyridine rings is 1. The Morgan fingerprint density at radius 3 is 2.65 bits per heavy atom. The smallest absolute Gasteiger partial charge is 0.252 e. The van der Waals surface area contributed by atoms with Crippen LogP contribution in [0, 0.1) is 12.7 Å². The molecule has 14 heteroatoms. The number of fused-ring (bicyclic) bond motifs is 1. The fraction of sp³-hybridized carbons (Fsp3) is 0.414. The van der Waals surface area contributed by atoms with Gasteiger partial charge in [-0.15, -0.1) is 0 Å². The first kappa shape index (κ1) is 28.4. The van der Waals surface area contributed by atoms with E-state index in [9.17, 15) is 9.18 Å². The fourth-order valence-corrected chi connectivity index (χ4v) is 5.58. The molecule has 5 heterocycles. The Bertz CT molecular complexity index is 1730. The maximum absolute atomic E-state index is 13.6. The molecule has 0 unspecified atom stereocenters. The van der Waals surface area contributed by atoms with Crippen LogP contribution >= 0.6 is 0 Å². The van der Waals surface area contributed by atoms with Gasteiger partial charge in [0.15, 0.2) is 23.1 Å². The minimum Gasteiger partial charge on any atom is -0.368 e. The highest BCUT2D eigenvalue weighted by Gasteiger charge is 2.43. The van der Waals surface area contributed by atoms with Crippen LogP contribution in [0.15, 0.2) is 43.0 Å². The summed E-state index contributed by atoms with van der Waals surface area (Å²) < 4.78 is 22.4. The molecule has 1 saturated carbocycles. The van der Waals surface area contributed by atoms with Crippen molar-refractivity contribution in [2.75, 3.05) is 12.4 Å². The van der Waals surface area contributed by atoms with Crippen molar-refractivity contribution < 1.29 is 13.9 Å². The standard InChI is InChI=1S/C29H34FN11O2/c1-5-40-27-22(15-33-40)26(35-23-12-17(2)38-39-23)36-25(37-27)19-8-10-29(43-4,11-9-19)28(42)34-18(3)20-6-7-24(31-13-20)41-16-21(30)14-32-41/h6-7,12-16,18-19H,5,8-11H2,1-4H3,(H,34,42)(H2,35,36,37,38,39)/t18-,19-,29+/m0/s1. The SMILES string of the molecule is CCn1ncc2c(Nc3cc(C)[nH]n3)nc([C@H]3CC[C@](OC)(C(=O)N[C@@H](C)c4ccc(-n5cc(F)cn5)nc4)CC3)nc21. The zero-order chi connectivity index (χ0) is 30.1. The van der Waals surface area contributed by atoms with E-state index in [1.54, 1.807) is 25.6 Å². The van der Waals surface area contributed by atoms with E-state index >= 15 is 0 Å². The number of nitrogens with zero attached hydrogens (tertiary/aromatic N) is 8. The van der Waals surface area contributed by atoms with Gasteiger partial charge in [-0.25, -0.2) is 28.7 Å². The summed E-state index contributed by atoms with van der Waals surface area (Å²) in [5.74, 6) is 1.95. The molecule has 6 rings (SSSR count). The van der Waals surface area contributed by atoms with E-state index in [0.717, 1.165) is 28.5 Å². The van der Waals surface area contributed by atoms with Crippen molar-refractivity contribution >= 4 is 28.6 Å². The Morgan fingerprint density at radius 2 is 2.02 bits per heavy atom. The average Bonchev–Trinajstić information content (AvgIpc) is 3.76. The average molecular weight is 588 g/mol. The van der Waals surface area contributed by atoms with E-state index in [4.69, 9.17) is 14.7 Å². The third-order valence-corrected chi connectivity index (χ3v) is 8.13. The molecule has 1 fully saturated rings. The first-order chi connectivity index (χ1) is 20.8. The molecule has 43 heavy (non-hydrogen) atoms. The molecular formula is C29H34FN11O2. The van der Waals surface area contributed by atoms with E-state index in [2.05, 4.69) is 36.0 Å². The number of carbonyl (C=O) groups excluding carboxylic acids is 1. The lowest BCUT2D eigenvalue weighted by molar-refractivity contribution is -0.148. The number of nitrogens with one attached hydrogen (secondary N) is 3. The van der Waals surface area contributed by atoms with Gasteiger partial charge in [0.1, 0.15) is 17.2 Å². The van der Waals surface area contributed by atoms with Crippen molar-refractivity contribution in [2.45, 2.75) is 70.6 Å². The Morgan fingerprint density at radius 1 is 1.21 bits per heavy atom. The number of aromatic nitrogens is 9. The van der Waals surface area contributed by atoms with Crippen LogP contribution < -0.4 is 10.6 Å². The Balaban J connectivity index is 1.16. The second-order valence-electron chi connectivity index (χ2n) is 10.9. The molecule has 224 valence electrons. The first-order valence-electron chi connectivity index (χ1n) is 14.3. The van der Waals surface area contributed by atoms with Crippen LogP contribution in [0.5, 0.6) is 0 Å². The van der Waals surface area contributed by atoms with E-state index in [1.807, 2.05) is 37.6 Å². The zero-order valence-electron chi connectivity index (χ0n) is 24.5. The number of methoxy groups -OCH3 is 1. The van der Waals surface area contributed by atoms with E-state index in [0.29, 0.717) is 55.5 Å².